The highest BCUT2D eigenvalue weighted by Crippen LogP contribution is 2.14. The summed E-state index contributed by atoms with van der Waals surface area (Å²) in [6.45, 7) is 2.69. The molecule has 2 heterocycles. The summed E-state index contributed by atoms with van der Waals surface area (Å²) in [7, 11) is 1.81. The van der Waals surface area contributed by atoms with Crippen LogP contribution in [-0.4, -0.2) is 70.9 Å². The van der Waals surface area contributed by atoms with Crippen LogP contribution in [0.4, 0.5) is 5.95 Å². The fourth-order valence-electron chi connectivity index (χ4n) is 2.34. The number of ether oxygens (including phenoxy) is 1. The lowest BCUT2D eigenvalue weighted by molar-refractivity contribution is -0.133. The van der Waals surface area contributed by atoms with Gasteiger partial charge in [-0.3, -0.25) is 4.79 Å². The van der Waals surface area contributed by atoms with E-state index in [1.807, 2.05) is 37.4 Å². The molecule has 0 bridgehead atoms. The molecule has 8 nitrogen and oxygen atoms in total. The SMILES string of the molecule is CN(CC(=O)N1CCOCC1)c1nnnn1-c1ccccc1. The molecule has 0 saturated carbocycles. The van der Waals surface area contributed by atoms with Crippen molar-refractivity contribution < 1.29 is 9.53 Å². The van der Waals surface area contributed by atoms with Gasteiger partial charge in [-0.1, -0.05) is 23.3 Å². The van der Waals surface area contributed by atoms with Crippen LogP contribution in [0.15, 0.2) is 30.3 Å². The molecule has 1 aliphatic rings. The summed E-state index contributed by atoms with van der Waals surface area (Å²) in [4.78, 5) is 15.9. The maximum atomic E-state index is 12.3. The molecule has 2 aromatic rings. The monoisotopic (exact) mass is 302 g/mol. The molecule has 1 aromatic carbocycles. The third-order valence-electron chi connectivity index (χ3n) is 3.53. The fourth-order valence-corrected chi connectivity index (χ4v) is 2.34. The van der Waals surface area contributed by atoms with Crippen molar-refractivity contribution in [2.75, 3.05) is 44.8 Å². The molecule has 0 atom stereocenters. The van der Waals surface area contributed by atoms with Gasteiger partial charge in [-0.15, -0.1) is 0 Å². The number of likely N-dealkylation sites (N-methyl/N-ethyl adjacent to an activating group) is 1. The minimum Gasteiger partial charge on any atom is -0.378 e. The van der Waals surface area contributed by atoms with Gasteiger partial charge in [0.2, 0.25) is 5.91 Å². The predicted octanol–water partition coefficient (Wildman–Crippen LogP) is -0.0427. The summed E-state index contributed by atoms with van der Waals surface area (Å²) in [5, 5.41) is 11.7. The van der Waals surface area contributed by atoms with Crippen LogP contribution >= 0.6 is 0 Å². The molecule has 1 saturated heterocycles. The largest absolute Gasteiger partial charge is 0.378 e. The standard InChI is InChI=1S/C14H18N6O2/c1-18(11-13(21)19-7-9-22-10-8-19)14-15-16-17-20(14)12-5-3-2-4-6-12/h2-6H,7-11H2,1H3. The van der Waals surface area contributed by atoms with Gasteiger partial charge in [0.25, 0.3) is 5.95 Å². The maximum Gasteiger partial charge on any atom is 0.250 e. The minimum atomic E-state index is 0.0495. The highest BCUT2D eigenvalue weighted by molar-refractivity contribution is 5.81. The van der Waals surface area contributed by atoms with Gasteiger partial charge >= 0.3 is 0 Å². The Hall–Kier alpha value is -2.48. The Balaban J connectivity index is 1.72. The molecule has 116 valence electrons. The van der Waals surface area contributed by atoms with Gasteiger partial charge in [-0.25, -0.2) is 0 Å². The second kappa shape index (κ2) is 6.52. The van der Waals surface area contributed by atoms with E-state index in [1.165, 1.54) is 0 Å². The number of hydrogen-bond acceptors (Lipinski definition) is 6. The first kappa shape index (κ1) is 14.5. The lowest BCUT2D eigenvalue weighted by atomic mass is 10.3. The van der Waals surface area contributed by atoms with Crippen molar-refractivity contribution in [1.82, 2.24) is 25.1 Å². The predicted molar refractivity (Wildman–Crippen MR) is 79.8 cm³/mol. The number of hydrogen-bond donors (Lipinski definition) is 0. The first-order valence-corrected chi connectivity index (χ1v) is 7.16. The average Bonchev–Trinajstić information content (AvgIpc) is 3.06. The van der Waals surface area contributed by atoms with Gasteiger partial charge < -0.3 is 14.5 Å². The van der Waals surface area contributed by atoms with Crippen molar-refractivity contribution in [2.24, 2.45) is 0 Å². The van der Waals surface area contributed by atoms with E-state index in [9.17, 15) is 4.79 Å². The van der Waals surface area contributed by atoms with E-state index in [2.05, 4.69) is 15.5 Å². The topological polar surface area (TPSA) is 76.4 Å². The number of para-hydroxylation sites is 1. The highest BCUT2D eigenvalue weighted by atomic mass is 16.5. The van der Waals surface area contributed by atoms with Gasteiger partial charge in [-0.2, -0.15) is 4.68 Å². The van der Waals surface area contributed by atoms with Crippen LogP contribution in [0, 0.1) is 0 Å². The third kappa shape index (κ3) is 3.06. The first-order valence-electron chi connectivity index (χ1n) is 7.16. The number of benzene rings is 1. The van der Waals surface area contributed by atoms with Crippen LogP contribution in [0.5, 0.6) is 0 Å². The second-order valence-corrected chi connectivity index (χ2v) is 5.08. The summed E-state index contributed by atoms with van der Waals surface area (Å²) in [6, 6.07) is 9.59. The summed E-state index contributed by atoms with van der Waals surface area (Å²) in [5.74, 6) is 0.584. The lowest BCUT2D eigenvalue weighted by Gasteiger charge is -2.28. The number of amides is 1. The van der Waals surface area contributed by atoms with Gasteiger partial charge in [0.05, 0.1) is 25.4 Å². The van der Waals surface area contributed by atoms with Crippen molar-refractivity contribution >= 4 is 11.9 Å². The number of tetrazole rings is 1. The molecule has 0 N–H and O–H groups in total. The maximum absolute atomic E-state index is 12.3. The van der Waals surface area contributed by atoms with E-state index in [4.69, 9.17) is 4.74 Å². The highest BCUT2D eigenvalue weighted by Gasteiger charge is 2.21. The Morgan fingerprint density at radius 1 is 1.27 bits per heavy atom. The van der Waals surface area contributed by atoms with Gasteiger partial charge in [-0.05, 0) is 22.6 Å². The van der Waals surface area contributed by atoms with Crippen LogP contribution in [0.3, 0.4) is 0 Å². The fraction of sp³-hybridized carbons (Fsp3) is 0.429. The van der Waals surface area contributed by atoms with Crippen molar-refractivity contribution in [2.45, 2.75) is 0 Å². The van der Waals surface area contributed by atoms with Crippen molar-refractivity contribution in [3.05, 3.63) is 30.3 Å². The Kier molecular flexibility index (Phi) is 4.29. The Labute approximate surface area is 128 Å². The zero-order valence-corrected chi connectivity index (χ0v) is 12.4. The Morgan fingerprint density at radius 2 is 2.00 bits per heavy atom. The number of carbonyl (C=O) groups is 1. The minimum absolute atomic E-state index is 0.0495. The van der Waals surface area contributed by atoms with Gasteiger partial charge in [0, 0.05) is 20.1 Å². The molecule has 0 aliphatic carbocycles. The van der Waals surface area contributed by atoms with E-state index >= 15 is 0 Å². The number of carbonyl (C=O) groups excluding carboxylic acids is 1. The number of morpholine rings is 1. The molecule has 1 amide bonds. The molecule has 0 radical (unpaired) electrons. The van der Waals surface area contributed by atoms with Crippen LogP contribution in [0.1, 0.15) is 0 Å². The normalized spacial score (nSPS) is 14.9. The van der Waals surface area contributed by atoms with Crippen molar-refractivity contribution in [3.8, 4) is 5.69 Å². The van der Waals surface area contributed by atoms with Gasteiger partial charge in [0.1, 0.15) is 0 Å². The third-order valence-corrected chi connectivity index (χ3v) is 3.53. The molecule has 1 fully saturated rings. The van der Waals surface area contributed by atoms with Crippen LogP contribution in [0.25, 0.3) is 5.69 Å². The molecule has 0 unspecified atom stereocenters. The average molecular weight is 302 g/mol. The van der Waals surface area contributed by atoms with E-state index < -0.39 is 0 Å². The van der Waals surface area contributed by atoms with Crippen LogP contribution in [-0.2, 0) is 9.53 Å². The first-order chi connectivity index (χ1) is 10.8. The van der Waals surface area contributed by atoms with E-state index in [1.54, 1.807) is 14.5 Å². The quantitative estimate of drug-likeness (QED) is 0.788. The number of nitrogens with zero attached hydrogens (tertiary/aromatic N) is 6. The number of aromatic nitrogens is 4. The number of rotatable bonds is 4. The van der Waals surface area contributed by atoms with E-state index in [0.29, 0.717) is 32.3 Å². The molecular formula is C14H18N6O2. The molecule has 0 spiro atoms. The molecule has 8 heteroatoms. The zero-order chi connectivity index (χ0) is 15.4. The summed E-state index contributed by atoms with van der Waals surface area (Å²) in [6.07, 6.45) is 0. The van der Waals surface area contributed by atoms with Crippen LogP contribution < -0.4 is 4.90 Å². The molecule has 1 aliphatic heterocycles. The van der Waals surface area contributed by atoms with E-state index in [0.717, 1.165) is 5.69 Å². The van der Waals surface area contributed by atoms with Gasteiger partial charge in [0.15, 0.2) is 0 Å². The lowest BCUT2D eigenvalue weighted by Crippen LogP contribution is -2.45. The molecular weight excluding hydrogens is 284 g/mol. The van der Waals surface area contributed by atoms with Crippen molar-refractivity contribution in [3.63, 3.8) is 0 Å². The summed E-state index contributed by atoms with van der Waals surface area (Å²) < 4.78 is 6.88. The molecule has 1 aromatic heterocycles. The van der Waals surface area contributed by atoms with Crippen LogP contribution in [0.2, 0.25) is 0 Å². The van der Waals surface area contributed by atoms with Crippen molar-refractivity contribution in [1.29, 1.82) is 0 Å². The molecule has 3 rings (SSSR count). The molecule has 22 heavy (non-hydrogen) atoms. The smallest absolute Gasteiger partial charge is 0.250 e. The summed E-state index contributed by atoms with van der Waals surface area (Å²) >= 11 is 0. The second-order valence-electron chi connectivity index (χ2n) is 5.08. The zero-order valence-electron chi connectivity index (χ0n) is 12.4. The number of anilines is 1. The Morgan fingerprint density at radius 3 is 2.73 bits per heavy atom. The van der Waals surface area contributed by atoms with E-state index in [-0.39, 0.29) is 12.5 Å². The summed E-state index contributed by atoms with van der Waals surface area (Å²) in [5.41, 5.74) is 0.855. The Bertz CT molecular complexity index is 623.